The van der Waals surface area contributed by atoms with Crippen LogP contribution in [0.4, 0.5) is 0 Å². The molecule has 8 heteroatoms. The highest BCUT2D eigenvalue weighted by atomic mass is 32.3. The van der Waals surface area contributed by atoms with Crippen molar-refractivity contribution in [2.45, 2.75) is 28.0 Å². The van der Waals surface area contributed by atoms with Gasteiger partial charge < -0.3 is 0 Å². The highest BCUT2D eigenvalue weighted by Gasteiger charge is 2.66. The minimum Gasteiger partial charge on any atom is -0.218 e. The predicted octanol–water partition coefficient (Wildman–Crippen LogP) is 2.63. The maximum absolute atomic E-state index is 12.7. The first-order chi connectivity index (χ1) is 10.7. The molecule has 0 aliphatic carbocycles. The minimum absolute atomic E-state index is 0.121. The molecule has 6 nitrogen and oxygen atoms in total. The Bertz CT molecular complexity index is 907. The van der Waals surface area contributed by atoms with Gasteiger partial charge in [-0.15, -0.1) is 10.2 Å². The average Bonchev–Trinajstić information content (AvgIpc) is 3.30. The van der Waals surface area contributed by atoms with Crippen LogP contribution in [0.5, 0.6) is 0 Å². The van der Waals surface area contributed by atoms with Gasteiger partial charge in [0.25, 0.3) is 0 Å². The van der Waals surface area contributed by atoms with Gasteiger partial charge in [0.2, 0.25) is 19.7 Å². The molecular weight excluding hydrogens is 336 g/mol. The summed E-state index contributed by atoms with van der Waals surface area (Å²) in [5.41, 5.74) is 1.73. The maximum atomic E-state index is 12.7. The molecule has 0 amide bonds. The fourth-order valence-corrected chi connectivity index (χ4v) is 5.99. The van der Waals surface area contributed by atoms with E-state index in [-0.39, 0.29) is 9.79 Å². The van der Waals surface area contributed by atoms with Crippen LogP contribution in [0, 0.1) is 13.8 Å². The van der Waals surface area contributed by atoms with Crippen LogP contribution in [0.1, 0.15) is 11.1 Å². The number of aryl methyl sites for hydroxylation is 2. The van der Waals surface area contributed by atoms with Crippen LogP contribution in [-0.2, 0) is 19.7 Å². The van der Waals surface area contributed by atoms with Crippen molar-refractivity contribution < 1.29 is 16.8 Å². The molecule has 0 radical (unpaired) electrons. The molecule has 0 fully saturated rings. The van der Waals surface area contributed by atoms with Crippen LogP contribution in [0.15, 0.2) is 68.6 Å². The van der Waals surface area contributed by atoms with E-state index in [1.807, 2.05) is 0 Å². The Morgan fingerprint density at radius 3 is 1.22 bits per heavy atom. The molecule has 3 rings (SSSR count). The molecule has 0 bridgehead atoms. The van der Waals surface area contributed by atoms with Gasteiger partial charge in [-0.3, -0.25) is 0 Å². The minimum atomic E-state index is -4.28. The molecule has 0 atom stereocenters. The van der Waals surface area contributed by atoms with Gasteiger partial charge in [-0.1, -0.05) is 35.4 Å². The Kier molecular flexibility index (Phi) is 3.42. The summed E-state index contributed by atoms with van der Waals surface area (Å²) in [5.74, 6) is 0. The number of hydrogen-bond donors (Lipinski definition) is 0. The Labute approximate surface area is 134 Å². The molecule has 0 saturated carbocycles. The van der Waals surface area contributed by atoms with Crippen LogP contribution in [-0.4, -0.2) is 21.2 Å². The Balaban J connectivity index is 2.11. The molecule has 0 unspecified atom stereocenters. The SMILES string of the molecule is Cc1ccc(S(=O)(=O)C2(S(=O)(=O)c3ccc(C)cc3)N=N2)cc1. The lowest BCUT2D eigenvalue weighted by atomic mass is 10.2. The quantitative estimate of drug-likeness (QED) is 0.847. The van der Waals surface area contributed by atoms with E-state index in [2.05, 4.69) is 10.2 Å². The Morgan fingerprint density at radius 2 is 0.957 bits per heavy atom. The second kappa shape index (κ2) is 4.97. The molecule has 1 aliphatic heterocycles. The van der Waals surface area contributed by atoms with Crippen LogP contribution in [0.3, 0.4) is 0 Å². The lowest BCUT2D eigenvalue weighted by Crippen LogP contribution is -2.34. The lowest BCUT2D eigenvalue weighted by molar-refractivity contribution is 0.568. The standard InChI is InChI=1S/C15H14N2O4S2/c1-11-3-7-13(8-4-11)22(18,19)15(16-17-15)23(20,21)14-9-5-12(2)6-10-14/h3-10H,1-2H3. The maximum Gasteiger partial charge on any atom is 0.397 e. The van der Waals surface area contributed by atoms with Crippen molar-refractivity contribution in [1.29, 1.82) is 0 Å². The molecule has 0 spiro atoms. The second-order valence-corrected chi connectivity index (χ2v) is 9.73. The summed E-state index contributed by atoms with van der Waals surface area (Å²) in [6, 6.07) is 11.8. The third kappa shape index (κ3) is 2.29. The number of rotatable bonds is 4. The first-order valence-electron chi connectivity index (χ1n) is 6.77. The largest absolute Gasteiger partial charge is 0.397 e. The monoisotopic (exact) mass is 350 g/mol. The second-order valence-electron chi connectivity index (χ2n) is 5.38. The van der Waals surface area contributed by atoms with Crippen LogP contribution in [0.25, 0.3) is 0 Å². The predicted molar refractivity (Wildman–Crippen MR) is 84.3 cm³/mol. The van der Waals surface area contributed by atoms with Gasteiger partial charge in [0, 0.05) is 0 Å². The van der Waals surface area contributed by atoms with Crippen molar-refractivity contribution in [3.8, 4) is 0 Å². The van der Waals surface area contributed by atoms with E-state index in [1.54, 1.807) is 38.1 Å². The van der Waals surface area contributed by atoms with Crippen molar-refractivity contribution in [3.63, 3.8) is 0 Å². The van der Waals surface area contributed by atoms with Crippen molar-refractivity contribution in [2.24, 2.45) is 10.2 Å². The molecule has 0 saturated heterocycles. The fraction of sp³-hybridized carbons (Fsp3) is 0.200. The molecule has 120 valence electrons. The van der Waals surface area contributed by atoms with E-state index >= 15 is 0 Å². The van der Waals surface area contributed by atoms with E-state index in [1.165, 1.54) is 24.3 Å². The van der Waals surface area contributed by atoms with Gasteiger partial charge in [-0.05, 0) is 38.1 Å². The summed E-state index contributed by atoms with van der Waals surface area (Å²) < 4.78 is 48.5. The number of hydrogen-bond acceptors (Lipinski definition) is 6. The summed E-state index contributed by atoms with van der Waals surface area (Å²) in [7, 11) is -8.56. The number of sulfone groups is 2. The molecule has 1 aliphatic rings. The van der Waals surface area contributed by atoms with E-state index in [0.717, 1.165) is 11.1 Å². The van der Waals surface area contributed by atoms with Crippen LogP contribution >= 0.6 is 0 Å². The summed E-state index contributed by atoms with van der Waals surface area (Å²) in [4.78, 5) is -0.243. The molecule has 0 aromatic heterocycles. The molecule has 1 heterocycles. The van der Waals surface area contributed by atoms with E-state index < -0.39 is 24.0 Å². The molecule has 2 aromatic rings. The van der Waals surface area contributed by atoms with Gasteiger partial charge in [0.1, 0.15) is 0 Å². The van der Waals surface area contributed by atoms with Crippen molar-refractivity contribution in [1.82, 2.24) is 0 Å². The lowest BCUT2D eigenvalue weighted by Gasteiger charge is -2.13. The third-order valence-electron chi connectivity index (χ3n) is 3.63. The summed E-state index contributed by atoms with van der Waals surface area (Å²) in [6.07, 6.45) is 0. The van der Waals surface area contributed by atoms with Crippen LogP contribution < -0.4 is 0 Å². The topological polar surface area (TPSA) is 93.0 Å². The van der Waals surface area contributed by atoms with Crippen molar-refractivity contribution >= 4 is 19.7 Å². The first-order valence-corrected chi connectivity index (χ1v) is 9.74. The van der Waals surface area contributed by atoms with Gasteiger partial charge in [0.05, 0.1) is 9.79 Å². The zero-order valence-corrected chi connectivity index (χ0v) is 14.1. The van der Waals surface area contributed by atoms with E-state index in [4.69, 9.17) is 0 Å². The number of benzene rings is 2. The Hall–Kier alpha value is -2.06. The van der Waals surface area contributed by atoms with Crippen molar-refractivity contribution in [3.05, 3.63) is 59.7 Å². The highest BCUT2D eigenvalue weighted by molar-refractivity contribution is 8.10. The smallest absolute Gasteiger partial charge is 0.218 e. The van der Waals surface area contributed by atoms with Gasteiger partial charge in [-0.25, -0.2) is 16.8 Å². The fourth-order valence-electron chi connectivity index (χ4n) is 2.14. The highest BCUT2D eigenvalue weighted by Crippen LogP contribution is 2.46. The van der Waals surface area contributed by atoms with Gasteiger partial charge in [0.15, 0.2) is 0 Å². The molecule has 23 heavy (non-hydrogen) atoms. The summed E-state index contributed by atoms with van der Waals surface area (Å²) in [5, 5.41) is 6.85. The van der Waals surface area contributed by atoms with E-state index in [0.29, 0.717) is 0 Å². The molecular formula is C15H14N2O4S2. The van der Waals surface area contributed by atoms with E-state index in [9.17, 15) is 16.8 Å². The zero-order valence-electron chi connectivity index (χ0n) is 12.5. The molecule has 0 N–H and O–H groups in total. The van der Waals surface area contributed by atoms with Gasteiger partial charge >= 0.3 is 4.33 Å². The van der Waals surface area contributed by atoms with Crippen molar-refractivity contribution in [2.75, 3.05) is 0 Å². The zero-order chi connectivity index (χ0) is 16.9. The third-order valence-corrected chi connectivity index (χ3v) is 8.45. The number of nitrogens with zero attached hydrogens (tertiary/aromatic N) is 2. The van der Waals surface area contributed by atoms with Crippen LogP contribution in [0.2, 0.25) is 0 Å². The average molecular weight is 350 g/mol. The Morgan fingerprint density at radius 1 is 0.652 bits per heavy atom. The molecule has 2 aromatic carbocycles. The normalized spacial score (nSPS) is 16.3. The summed E-state index contributed by atoms with van der Waals surface area (Å²) >= 11 is 0. The summed E-state index contributed by atoms with van der Waals surface area (Å²) in [6.45, 7) is 3.61. The first kappa shape index (κ1) is 15.8. The van der Waals surface area contributed by atoms with Gasteiger partial charge in [-0.2, -0.15) is 0 Å².